The summed E-state index contributed by atoms with van der Waals surface area (Å²) in [7, 11) is 1.62. The van der Waals surface area contributed by atoms with Crippen molar-refractivity contribution in [3.05, 3.63) is 23.8 Å². The fourth-order valence-corrected chi connectivity index (χ4v) is 3.42. The van der Waals surface area contributed by atoms with E-state index < -0.39 is 11.5 Å². The minimum Gasteiger partial charge on any atom is -0.504 e. The molecule has 1 aliphatic rings. The highest BCUT2D eigenvalue weighted by Gasteiger charge is 2.39. The van der Waals surface area contributed by atoms with Crippen molar-refractivity contribution in [2.24, 2.45) is 4.99 Å². The molecule has 0 aromatic heterocycles. The quantitative estimate of drug-likeness (QED) is 0.512. The van der Waals surface area contributed by atoms with Crippen molar-refractivity contribution in [1.82, 2.24) is 0 Å². The van der Waals surface area contributed by atoms with Gasteiger partial charge in [-0.1, -0.05) is 6.07 Å². The fourth-order valence-electron chi connectivity index (χ4n) is 2.23. The van der Waals surface area contributed by atoms with Crippen molar-refractivity contribution < 1.29 is 34.0 Å². The molecule has 0 radical (unpaired) electrons. The minimum atomic E-state index is -1.18. The van der Waals surface area contributed by atoms with E-state index in [0.29, 0.717) is 55.1 Å². The Balaban J connectivity index is 1.83. The van der Waals surface area contributed by atoms with E-state index in [9.17, 15) is 15.0 Å². The first-order chi connectivity index (χ1) is 13.0. The Morgan fingerprint density at radius 2 is 1.85 bits per heavy atom. The first-order valence-electron chi connectivity index (χ1n) is 8.53. The average Bonchev–Trinajstić information content (AvgIpc) is 3.05. The lowest BCUT2D eigenvalue weighted by atomic mass is 10.1. The summed E-state index contributed by atoms with van der Waals surface area (Å²) in [6.07, 6.45) is 0. The van der Waals surface area contributed by atoms with Gasteiger partial charge in [0.25, 0.3) is 0 Å². The van der Waals surface area contributed by atoms with Crippen LogP contribution in [-0.4, -0.2) is 79.3 Å². The van der Waals surface area contributed by atoms with E-state index in [-0.39, 0.29) is 12.4 Å². The van der Waals surface area contributed by atoms with Crippen LogP contribution >= 0.6 is 11.8 Å². The maximum Gasteiger partial charge on any atom is 0.332 e. The van der Waals surface area contributed by atoms with Gasteiger partial charge in [0.2, 0.25) is 0 Å². The van der Waals surface area contributed by atoms with Gasteiger partial charge in [-0.15, -0.1) is 11.8 Å². The minimum absolute atomic E-state index is 0.0544. The van der Waals surface area contributed by atoms with Gasteiger partial charge < -0.3 is 29.2 Å². The van der Waals surface area contributed by atoms with E-state index in [1.165, 1.54) is 11.8 Å². The standard InChI is InChI=1S/C18H25NO7S/c1-18(17(21)22)12-27-16(19-18)13-4-3-5-14(15(13)20)26-11-10-25-9-8-24-7-6-23-2/h3-5,20H,6-12H2,1-2H3,(H,21,22). The lowest BCUT2D eigenvalue weighted by Gasteiger charge is -2.12. The van der Waals surface area contributed by atoms with Crippen LogP contribution in [-0.2, 0) is 19.0 Å². The van der Waals surface area contributed by atoms with Crippen molar-refractivity contribution in [2.75, 3.05) is 52.5 Å². The molecule has 0 fully saturated rings. The highest BCUT2D eigenvalue weighted by atomic mass is 32.2. The number of rotatable bonds is 12. The zero-order valence-electron chi connectivity index (χ0n) is 15.5. The number of para-hydroxylation sites is 1. The van der Waals surface area contributed by atoms with Crippen molar-refractivity contribution in [3.63, 3.8) is 0 Å². The van der Waals surface area contributed by atoms with Gasteiger partial charge in [0.1, 0.15) is 11.7 Å². The first kappa shape index (κ1) is 21.5. The summed E-state index contributed by atoms with van der Waals surface area (Å²) in [5.74, 6) is -0.413. The molecule has 1 aliphatic heterocycles. The number of carboxylic acids is 1. The van der Waals surface area contributed by atoms with Crippen LogP contribution in [0.1, 0.15) is 12.5 Å². The van der Waals surface area contributed by atoms with Gasteiger partial charge in [-0.25, -0.2) is 4.79 Å². The predicted octanol–water partition coefficient (Wildman–Crippen LogP) is 1.79. The van der Waals surface area contributed by atoms with E-state index >= 15 is 0 Å². The number of hydrogen-bond donors (Lipinski definition) is 2. The highest BCUT2D eigenvalue weighted by molar-refractivity contribution is 8.14. The summed E-state index contributed by atoms with van der Waals surface area (Å²) >= 11 is 1.30. The summed E-state index contributed by atoms with van der Waals surface area (Å²) in [4.78, 5) is 15.6. The molecule has 9 heteroatoms. The van der Waals surface area contributed by atoms with Gasteiger partial charge in [0, 0.05) is 12.9 Å². The number of carbonyl (C=O) groups is 1. The van der Waals surface area contributed by atoms with Gasteiger partial charge in [0.15, 0.2) is 17.0 Å². The molecule has 0 spiro atoms. The molecule has 1 heterocycles. The number of ether oxygens (including phenoxy) is 4. The van der Waals surface area contributed by atoms with Gasteiger partial charge in [-0.2, -0.15) is 0 Å². The molecule has 2 N–H and O–H groups in total. The van der Waals surface area contributed by atoms with Gasteiger partial charge in [-0.05, 0) is 19.1 Å². The lowest BCUT2D eigenvalue weighted by Crippen LogP contribution is -2.33. The molecular weight excluding hydrogens is 374 g/mol. The average molecular weight is 399 g/mol. The second-order valence-electron chi connectivity index (χ2n) is 6.00. The first-order valence-corrected chi connectivity index (χ1v) is 9.52. The van der Waals surface area contributed by atoms with E-state index in [2.05, 4.69) is 4.99 Å². The Bertz CT molecular complexity index is 667. The number of benzene rings is 1. The zero-order valence-corrected chi connectivity index (χ0v) is 16.3. The monoisotopic (exact) mass is 399 g/mol. The second-order valence-corrected chi connectivity index (χ2v) is 6.97. The third-order valence-electron chi connectivity index (χ3n) is 3.82. The highest BCUT2D eigenvalue weighted by Crippen LogP contribution is 2.37. The smallest absolute Gasteiger partial charge is 0.332 e. The molecule has 1 aromatic carbocycles. The van der Waals surface area contributed by atoms with E-state index in [1.54, 1.807) is 32.2 Å². The predicted molar refractivity (Wildman–Crippen MR) is 102 cm³/mol. The molecule has 0 amide bonds. The Hall–Kier alpha value is -1.81. The van der Waals surface area contributed by atoms with Crippen molar-refractivity contribution in [3.8, 4) is 11.5 Å². The number of nitrogens with zero attached hydrogens (tertiary/aromatic N) is 1. The molecule has 1 atom stereocenters. The Labute approximate surface area is 162 Å². The Morgan fingerprint density at radius 1 is 1.19 bits per heavy atom. The second kappa shape index (κ2) is 10.5. The number of phenolic OH excluding ortho intramolecular Hbond substituents is 1. The SMILES string of the molecule is COCCOCCOCCOc1cccc(C2=NC(C)(C(=O)O)CS2)c1O. The maximum absolute atomic E-state index is 11.3. The van der Waals surface area contributed by atoms with Crippen LogP contribution in [0.2, 0.25) is 0 Å². The molecule has 0 bridgehead atoms. The fraction of sp³-hybridized carbons (Fsp3) is 0.556. The molecule has 1 unspecified atom stereocenters. The summed E-state index contributed by atoms with van der Waals surface area (Å²) in [6.45, 7) is 4.17. The third-order valence-corrected chi connectivity index (χ3v) is 5.11. The largest absolute Gasteiger partial charge is 0.504 e. The molecule has 27 heavy (non-hydrogen) atoms. The molecule has 0 saturated heterocycles. The van der Waals surface area contributed by atoms with E-state index in [1.807, 2.05) is 0 Å². The van der Waals surface area contributed by atoms with Crippen LogP contribution in [0.25, 0.3) is 0 Å². The summed E-state index contributed by atoms with van der Waals surface area (Å²) in [5, 5.41) is 20.2. The van der Waals surface area contributed by atoms with Crippen LogP contribution in [0.3, 0.4) is 0 Å². The molecule has 2 rings (SSSR count). The molecule has 0 aliphatic carbocycles. The van der Waals surface area contributed by atoms with Crippen LogP contribution in [0.4, 0.5) is 0 Å². The topological polar surface area (TPSA) is 107 Å². The van der Waals surface area contributed by atoms with Crippen LogP contribution in [0, 0.1) is 0 Å². The van der Waals surface area contributed by atoms with Crippen molar-refractivity contribution >= 4 is 22.8 Å². The molecule has 150 valence electrons. The van der Waals surface area contributed by atoms with Crippen molar-refractivity contribution in [2.45, 2.75) is 12.5 Å². The van der Waals surface area contributed by atoms with Crippen molar-refractivity contribution in [1.29, 1.82) is 0 Å². The summed E-state index contributed by atoms with van der Waals surface area (Å²) in [5.41, 5.74) is -0.711. The number of aromatic hydroxyl groups is 1. The van der Waals surface area contributed by atoms with Gasteiger partial charge >= 0.3 is 5.97 Å². The van der Waals surface area contributed by atoms with E-state index in [0.717, 1.165) is 0 Å². The van der Waals surface area contributed by atoms with Crippen LogP contribution in [0.5, 0.6) is 11.5 Å². The number of hydrogen-bond acceptors (Lipinski definition) is 8. The Morgan fingerprint density at radius 3 is 2.48 bits per heavy atom. The summed E-state index contributed by atoms with van der Waals surface area (Å²) < 4.78 is 21.1. The lowest BCUT2D eigenvalue weighted by molar-refractivity contribution is -0.141. The van der Waals surface area contributed by atoms with Crippen LogP contribution < -0.4 is 4.74 Å². The number of carboxylic acid groups (broad SMARTS) is 1. The molecular formula is C18H25NO7S. The number of aliphatic imine (C=N–C) groups is 1. The summed E-state index contributed by atoms with van der Waals surface area (Å²) in [6, 6.07) is 5.06. The maximum atomic E-state index is 11.3. The normalized spacial score (nSPS) is 19.1. The number of methoxy groups -OCH3 is 1. The number of aliphatic carboxylic acids is 1. The van der Waals surface area contributed by atoms with E-state index in [4.69, 9.17) is 18.9 Å². The number of phenols is 1. The molecule has 0 saturated carbocycles. The Kier molecular flexibility index (Phi) is 8.36. The van der Waals surface area contributed by atoms with Crippen LogP contribution in [0.15, 0.2) is 23.2 Å². The zero-order chi connectivity index (χ0) is 19.7. The molecule has 1 aromatic rings. The molecule has 8 nitrogen and oxygen atoms in total. The third kappa shape index (κ3) is 6.10. The van der Waals surface area contributed by atoms with Gasteiger partial charge in [-0.3, -0.25) is 4.99 Å². The van der Waals surface area contributed by atoms with Gasteiger partial charge in [0.05, 0.1) is 38.6 Å². The number of thioether (sulfide) groups is 1.